The van der Waals surface area contributed by atoms with Crippen LogP contribution < -0.4 is 9.64 Å². The fourth-order valence-electron chi connectivity index (χ4n) is 2.74. The number of halogens is 1. The van der Waals surface area contributed by atoms with Gasteiger partial charge >= 0.3 is 0 Å². The lowest BCUT2D eigenvalue weighted by Crippen LogP contribution is -2.32. The fraction of sp³-hybridized carbons (Fsp3) is 0.263. The summed E-state index contributed by atoms with van der Waals surface area (Å²) in [5.74, 6) is 0.380. The average molecular weight is 340 g/mol. The smallest absolute Gasteiger partial charge is 0.212 e. The molecule has 6 heteroatoms. The minimum Gasteiger partial charge on any atom is -0.490 e. The van der Waals surface area contributed by atoms with Crippen LogP contribution in [-0.4, -0.2) is 28.1 Å². The van der Waals surface area contributed by atoms with E-state index in [2.05, 4.69) is 25.9 Å². The molecule has 2 aromatic heterocycles. The Hall–Kier alpha value is -2.89. The van der Waals surface area contributed by atoms with E-state index in [0.717, 1.165) is 41.3 Å². The number of pyridine rings is 1. The predicted molar refractivity (Wildman–Crippen MR) is 96.1 cm³/mol. The maximum Gasteiger partial charge on any atom is 0.212 e. The maximum absolute atomic E-state index is 13.0. The number of anilines is 1. The number of nitrogens with one attached hydrogen (secondary N) is 1. The van der Waals surface area contributed by atoms with Crippen molar-refractivity contribution in [1.82, 2.24) is 15.0 Å². The number of hydrogen-bond donors (Lipinski definition) is 1. The van der Waals surface area contributed by atoms with E-state index in [0.29, 0.717) is 6.61 Å². The number of aromatic amines is 1. The number of aromatic nitrogens is 3. The Bertz CT molecular complexity index is 803. The molecule has 0 saturated carbocycles. The van der Waals surface area contributed by atoms with Crippen LogP contribution in [0.3, 0.4) is 0 Å². The van der Waals surface area contributed by atoms with E-state index in [4.69, 9.17) is 4.74 Å². The van der Waals surface area contributed by atoms with Gasteiger partial charge in [0.15, 0.2) is 0 Å². The van der Waals surface area contributed by atoms with Crippen LogP contribution in [0, 0.1) is 5.95 Å². The molecule has 130 valence electrons. The first-order valence-corrected chi connectivity index (χ1v) is 8.40. The first kappa shape index (κ1) is 17.0. The molecule has 1 aromatic carbocycles. The molecule has 1 aliphatic rings. The number of H-pyrrole nitrogens is 1. The molecule has 0 saturated heterocycles. The van der Waals surface area contributed by atoms with Gasteiger partial charge in [0, 0.05) is 18.0 Å². The molecule has 0 aliphatic carbocycles. The summed E-state index contributed by atoms with van der Waals surface area (Å²) in [6.07, 6.45) is 5.04. The second kappa shape index (κ2) is 7.79. The Morgan fingerprint density at radius 1 is 1.16 bits per heavy atom. The van der Waals surface area contributed by atoms with Crippen LogP contribution in [0.25, 0.3) is 11.1 Å². The molecular formula is C19H21FN4O. The van der Waals surface area contributed by atoms with Crippen LogP contribution in [0.15, 0.2) is 49.1 Å². The van der Waals surface area contributed by atoms with Crippen LogP contribution in [0.2, 0.25) is 0 Å². The maximum atomic E-state index is 13.0. The van der Waals surface area contributed by atoms with Crippen molar-refractivity contribution in [3.63, 3.8) is 0 Å². The third kappa shape index (κ3) is 3.79. The highest BCUT2D eigenvalue weighted by molar-refractivity contribution is 5.72. The van der Waals surface area contributed by atoms with Crippen LogP contribution in [0.4, 0.5) is 10.1 Å². The van der Waals surface area contributed by atoms with Crippen LogP contribution in [0.1, 0.15) is 19.5 Å². The molecule has 3 aromatic rings. The molecule has 0 unspecified atom stereocenters. The Labute approximate surface area is 146 Å². The molecule has 0 atom stereocenters. The molecule has 1 aliphatic heterocycles. The zero-order valence-electron chi connectivity index (χ0n) is 14.4. The zero-order chi connectivity index (χ0) is 17.6. The predicted octanol–water partition coefficient (Wildman–Crippen LogP) is 4.04. The van der Waals surface area contributed by atoms with Crippen LogP contribution in [0.5, 0.6) is 5.75 Å². The lowest BCUT2D eigenvalue weighted by atomic mass is 10.1. The number of hydrogen-bond acceptors (Lipinski definition) is 4. The Morgan fingerprint density at radius 3 is 2.72 bits per heavy atom. The third-order valence-electron chi connectivity index (χ3n) is 3.90. The van der Waals surface area contributed by atoms with E-state index >= 15 is 0 Å². The zero-order valence-corrected chi connectivity index (χ0v) is 14.4. The Kier molecular flexibility index (Phi) is 5.28. The van der Waals surface area contributed by atoms with Gasteiger partial charge in [0.1, 0.15) is 12.4 Å². The second-order valence-electron chi connectivity index (χ2n) is 5.40. The number of rotatable bonds is 3. The van der Waals surface area contributed by atoms with Crippen molar-refractivity contribution in [3.8, 4) is 16.9 Å². The molecule has 0 bridgehead atoms. The highest BCUT2D eigenvalue weighted by atomic mass is 19.1. The van der Waals surface area contributed by atoms with E-state index in [1.54, 1.807) is 18.6 Å². The largest absolute Gasteiger partial charge is 0.490 e. The van der Waals surface area contributed by atoms with E-state index < -0.39 is 5.95 Å². The Balaban J connectivity index is 0.000000880. The van der Waals surface area contributed by atoms with Gasteiger partial charge in [0.2, 0.25) is 5.95 Å². The highest BCUT2D eigenvalue weighted by Crippen LogP contribution is 2.36. The third-order valence-corrected chi connectivity index (χ3v) is 3.90. The first-order valence-electron chi connectivity index (χ1n) is 8.40. The van der Waals surface area contributed by atoms with Crippen molar-refractivity contribution in [2.45, 2.75) is 20.4 Å². The van der Waals surface area contributed by atoms with Gasteiger partial charge in [0.05, 0.1) is 30.8 Å². The lowest BCUT2D eigenvalue weighted by molar-refractivity contribution is 0.307. The van der Waals surface area contributed by atoms with E-state index in [9.17, 15) is 4.39 Å². The van der Waals surface area contributed by atoms with Crippen molar-refractivity contribution in [2.75, 3.05) is 18.1 Å². The van der Waals surface area contributed by atoms with Gasteiger partial charge in [-0.3, -0.25) is 0 Å². The first-order chi connectivity index (χ1) is 12.3. The van der Waals surface area contributed by atoms with Crippen molar-refractivity contribution in [3.05, 3.63) is 60.7 Å². The summed E-state index contributed by atoms with van der Waals surface area (Å²) in [5, 5.41) is 0. The summed E-state index contributed by atoms with van der Waals surface area (Å²) < 4.78 is 18.7. The van der Waals surface area contributed by atoms with Crippen LogP contribution in [-0.2, 0) is 6.54 Å². The quantitative estimate of drug-likeness (QED) is 0.731. The van der Waals surface area contributed by atoms with Crippen molar-refractivity contribution < 1.29 is 9.13 Å². The molecule has 0 spiro atoms. The van der Waals surface area contributed by atoms with E-state index in [-0.39, 0.29) is 0 Å². The Morgan fingerprint density at radius 2 is 2.00 bits per heavy atom. The lowest BCUT2D eigenvalue weighted by Gasteiger charge is -2.31. The van der Waals surface area contributed by atoms with E-state index in [1.807, 2.05) is 32.2 Å². The minimum atomic E-state index is -0.476. The summed E-state index contributed by atoms with van der Waals surface area (Å²) in [6.45, 7) is 6.19. The number of imidazole rings is 1. The van der Waals surface area contributed by atoms with Gasteiger partial charge < -0.3 is 14.6 Å². The average Bonchev–Trinajstić information content (AvgIpc) is 3.17. The molecule has 1 N–H and O–H groups in total. The van der Waals surface area contributed by atoms with Gasteiger partial charge in [-0.15, -0.1) is 0 Å². The van der Waals surface area contributed by atoms with Gasteiger partial charge in [0.25, 0.3) is 0 Å². The van der Waals surface area contributed by atoms with Gasteiger partial charge in [-0.25, -0.2) is 9.97 Å². The molecule has 5 nitrogen and oxygen atoms in total. The molecular weight excluding hydrogens is 319 g/mol. The summed E-state index contributed by atoms with van der Waals surface area (Å²) in [4.78, 5) is 13.1. The minimum absolute atomic E-state index is 0.476. The van der Waals surface area contributed by atoms with Gasteiger partial charge in [-0.2, -0.15) is 4.39 Å². The summed E-state index contributed by atoms with van der Waals surface area (Å²) in [7, 11) is 0. The fourth-order valence-corrected chi connectivity index (χ4v) is 2.74. The highest BCUT2D eigenvalue weighted by Gasteiger charge is 2.19. The van der Waals surface area contributed by atoms with E-state index in [1.165, 1.54) is 6.07 Å². The molecule has 4 rings (SSSR count). The summed E-state index contributed by atoms with van der Waals surface area (Å²) >= 11 is 0. The van der Waals surface area contributed by atoms with Gasteiger partial charge in [-0.1, -0.05) is 19.9 Å². The van der Waals surface area contributed by atoms with Gasteiger partial charge in [-0.05, 0) is 29.8 Å². The number of fused-ring (bicyclic) bond motifs is 1. The number of benzene rings is 1. The molecule has 3 heterocycles. The number of ether oxygens (including phenoxy) is 1. The monoisotopic (exact) mass is 340 g/mol. The van der Waals surface area contributed by atoms with Crippen molar-refractivity contribution in [1.29, 1.82) is 0 Å². The molecule has 0 fully saturated rings. The normalized spacial score (nSPS) is 12.7. The molecule has 0 amide bonds. The summed E-state index contributed by atoms with van der Waals surface area (Å²) in [5.41, 5.74) is 3.93. The topological polar surface area (TPSA) is 54.0 Å². The van der Waals surface area contributed by atoms with Crippen molar-refractivity contribution in [2.24, 2.45) is 0 Å². The SMILES string of the molecule is CC.Fc1ccc(-c2ccc3c(c2)N(Cc2cnc[nH]2)CCO3)cn1. The second-order valence-corrected chi connectivity index (χ2v) is 5.40. The number of nitrogens with zero attached hydrogens (tertiary/aromatic N) is 3. The van der Waals surface area contributed by atoms with Crippen LogP contribution >= 0.6 is 0 Å². The molecule has 25 heavy (non-hydrogen) atoms. The standard InChI is InChI=1S/C17H15FN4O.C2H6/c18-17-4-2-13(8-20-17)12-1-3-16-15(7-12)22(5-6-23-16)10-14-9-19-11-21-14;1-2/h1-4,7-9,11H,5-6,10H2,(H,19,21);1-2H3. The van der Waals surface area contributed by atoms with Crippen molar-refractivity contribution >= 4 is 5.69 Å². The summed E-state index contributed by atoms with van der Waals surface area (Å²) in [6, 6.07) is 9.07. The molecule has 0 radical (unpaired) electrons.